The number of nitrogens with zero attached hydrogens (tertiary/aromatic N) is 2. The minimum Gasteiger partial charge on any atom is -0.378 e. The Kier molecular flexibility index (Phi) is 5.64. The minimum atomic E-state index is -0.421. The molecule has 2 aromatic rings. The molecule has 6 nitrogen and oxygen atoms in total. The number of benzene rings is 2. The first-order chi connectivity index (χ1) is 12.2. The molecule has 1 saturated heterocycles. The summed E-state index contributed by atoms with van der Waals surface area (Å²) in [4.78, 5) is 18.1. The van der Waals surface area contributed by atoms with Crippen LogP contribution in [0.15, 0.2) is 59.6 Å². The highest BCUT2D eigenvalue weighted by Gasteiger charge is 2.15. The molecular weight excluding hydrogens is 316 g/mol. The van der Waals surface area contributed by atoms with Gasteiger partial charge < -0.3 is 20.7 Å². The molecule has 0 unspecified atom stereocenters. The summed E-state index contributed by atoms with van der Waals surface area (Å²) in [7, 11) is 0. The van der Waals surface area contributed by atoms with Crippen LogP contribution in [0.3, 0.4) is 0 Å². The monoisotopic (exact) mass is 338 g/mol. The first-order valence-electron chi connectivity index (χ1n) is 8.30. The molecule has 0 aromatic heterocycles. The van der Waals surface area contributed by atoms with Crippen LogP contribution in [0.5, 0.6) is 0 Å². The smallest absolute Gasteiger partial charge is 0.248 e. The average Bonchev–Trinajstić information content (AvgIpc) is 2.67. The molecule has 1 fully saturated rings. The van der Waals surface area contributed by atoms with E-state index in [1.807, 2.05) is 42.5 Å². The fourth-order valence-corrected chi connectivity index (χ4v) is 2.58. The normalized spacial score (nSPS) is 15.0. The summed E-state index contributed by atoms with van der Waals surface area (Å²) in [5.74, 6) is 0.406. The summed E-state index contributed by atoms with van der Waals surface area (Å²) in [6.07, 6.45) is 0. The van der Waals surface area contributed by atoms with Crippen LogP contribution in [-0.4, -0.2) is 43.1 Å². The molecule has 2 aromatic carbocycles. The first kappa shape index (κ1) is 17.0. The van der Waals surface area contributed by atoms with Crippen molar-refractivity contribution in [3.8, 4) is 0 Å². The average molecular weight is 338 g/mol. The van der Waals surface area contributed by atoms with Crippen molar-refractivity contribution in [3.05, 3.63) is 65.7 Å². The summed E-state index contributed by atoms with van der Waals surface area (Å²) < 4.78 is 5.43. The molecule has 1 heterocycles. The zero-order valence-corrected chi connectivity index (χ0v) is 14.0. The van der Waals surface area contributed by atoms with E-state index in [-0.39, 0.29) is 0 Å². The Bertz CT molecular complexity index is 723. The van der Waals surface area contributed by atoms with Gasteiger partial charge in [0.1, 0.15) is 0 Å². The van der Waals surface area contributed by atoms with Crippen molar-refractivity contribution in [2.45, 2.75) is 6.54 Å². The number of rotatable bonds is 4. The van der Waals surface area contributed by atoms with E-state index in [4.69, 9.17) is 15.5 Å². The van der Waals surface area contributed by atoms with Gasteiger partial charge in [0.25, 0.3) is 0 Å². The maximum absolute atomic E-state index is 11.2. The molecule has 3 N–H and O–H groups in total. The molecule has 6 heteroatoms. The van der Waals surface area contributed by atoms with Gasteiger partial charge in [-0.05, 0) is 29.8 Å². The van der Waals surface area contributed by atoms with E-state index in [0.717, 1.165) is 30.3 Å². The lowest BCUT2D eigenvalue weighted by Crippen LogP contribution is -2.44. The van der Waals surface area contributed by atoms with Crippen LogP contribution in [-0.2, 0) is 11.3 Å². The summed E-state index contributed by atoms with van der Waals surface area (Å²) in [5.41, 5.74) is 7.79. The maximum atomic E-state index is 11.2. The van der Waals surface area contributed by atoms with E-state index in [1.165, 1.54) is 0 Å². The quantitative estimate of drug-likeness (QED) is 0.661. The number of amides is 1. The number of carbonyl (C=O) groups excluding carboxylic acids is 1. The van der Waals surface area contributed by atoms with E-state index in [1.54, 1.807) is 12.1 Å². The number of nitrogens with one attached hydrogen (secondary N) is 1. The summed E-state index contributed by atoms with van der Waals surface area (Å²) in [6, 6.07) is 17.2. The molecule has 130 valence electrons. The molecule has 1 aliphatic heterocycles. The van der Waals surface area contributed by atoms with Crippen LogP contribution in [0.4, 0.5) is 5.69 Å². The van der Waals surface area contributed by atoms with Crippen LogP contribution in [0.25, 0.3) is 0 Å². The Morgan fingerprint density at radius 3 is 2.40 bits per heavy atom. The molecule has 0 aliphatic carbocycles. The maximum Gasteiger partial charge on any atom is 0.248 e. The van der Waals surface area contributed by atoms with Gasteiger partial charge in [-0.1, -0.05) is 30.3 Å². The number of hydrogen-bond donors (Lipinski definition) is 2. The third-order valence-corrected chi connectivity index (χ3v) is 3.99. The number of guanidine groups is 1. The van der Waals surface area contributed by atoms with E-state index >= 15 is 0 Å². The van der Waals surface area contributed by atoms with Crippen molar-refractivity contribution in [1.82, 2.24) is 4.90 Å². The van der Waals surface area contributed by atoms with E-state index in [0.29, 0.717) is 25.3 Å². The molecular formula is C19H22N4O2. The van der Waals surface area contributed by atoms with Crippen LogP contribution in [0.1, 0.15) is 15.9 Å². The van der Waals surface area contributed by atoms with E-state index in [2.05, 4.69) is 10.2 Å². The lowest BCUT2D eigenvalue weighted by molar-refractivity contribution is 0.0679. The second-order valence-electron chi connectivity index (χ2n) is 5.79. The Balaban J connectivity index is 1.75. The number of morpholine rings is 1. The van der Waals surface area contributed by atoms with Crippen LogP contribution in [0, 0.1) is 0 Å². The van der Waals surface area contributed by atoms with Gasteiger partial charge in [0.2, 0.25) is 5.91 Å². The molecule has 3 rings (SSSR count). The molecule has 25 heavy (non-hydrogen) atoms. The summed E-state index contributed by atoms with van der Waals surface area (Å²) in [5, 5.41) is 3.39. The largest absolute Gasteiger partial charge is 0.378 e. The van der Waals surface area contributed by atoms with Gasteiger partial charge in [0, 0.05) is 24.3 Å². The first-order valence-corrected chi connectivity index (χ1v) is 8.30. The van der Waals surface area contributed by atoms with Crippen molar-refractivity contribution in [1.29, 1.82) is 0 Å². The predicted octanol–water partition coefficient (Wildman–Crippen LogP) is 2.09. The summed E-state index contributed by atoms with van der Waals surface area (Å²) in [6.45, 7) is 3.52. The van der Waals surface area contributed by atoms with Crippen molar-refractivity contribution in [3.63, 3.8) is 0 Å². The highest BCUT2D eigenvalue weighted by molar-refractivity contribution is 5.94. The SMILES string of the molecule is NC(=O)c1ccc(CN=C(Nc2ccccc2)N2CCOCC2)cc1. The second-order valence-corrected chi connectivity index (χ2v) is 5.79. The molecule has 1 amide bonds. The Morgan fingerprint density at radius 2 is 1.76 bits per heavy atom. The third kappa shape index (κ3) is 4.81. The number of ether oxygens (including phenoxy) is 1. The Labute approximate surface area is 147 Å². The topological polar surface area (TPSA) is 80.0 Å². The minimum absolute atomic E-state index is 0.421. The van der Waals surface area contributed by atoms with Gasteiger partial charge in [0.05, 0.1) is 19.8 Å². The number of aliphatic imine (C=N–C) groups is 1. The van der Waals surface area contributed by atoms with Gasteiger partial charge in [-0.25, -0.2) is 4.99 Å². The molecule has 0 spiro atoms. The van der Waals surface area contributed by atoms with Gasteiger partial charge >= 0.3 is 0 Å². The predicted molar refractivity (Wildman–Crippen MR) is 98.6 cm³/mol. The van der Waals surface area contributed by atoms with Gasteiger partial charge in [-0.15, -0.1) is 0 Å². The van der Waals surface area contributed by atoms with Crippen LogP contribution in [0.2, 0.25) is 0 Å². The zero-order valence-electron chi connectivity index (χ0n) is 14.0. The van der Waals surface area contributed by atoms with Crippen LogP contribution < -0.4 is 11.1 Å². The standard InChI is InChI=1S/C19H22N4O2/c20-18(24)16-8-6-15(7-9-16)14-21-19(23-10-12-25-13-11-23)22-17-4-2-1-3-5-17/h1-9H,10-14H2,(H2,20,24)(H,21,22). The van der Waals surface area contributed by atoms with Gasteiger partial charge in [0.15, 0.2) is 5.96 Å². The number of para-hydroxylation sites is 1. The highest BCUT2D eigenvalue weighted by Crippen LogP contribution is 2.10. The molecule has 0 saturated carbocycles. The summed E-state index contributed by atoms with van der Waals surface area (Å²) >= 11 is 0. The molecule has 1 aliphatic rings. The number of primary amides is 1. The lowest BCUT2D eigenvalue weighted by atomic mass is 10.1. The molecule has 0 atom stereocenters. The van der Waals surface area contributed by atoms with Crippen molar-refractivity contribution in [2.24, 2.45) is 10.7 Å². The van der Waals surface area contributed by atoms with Crippen molar-refractivity contribution >= 4 is 17.6 Å². The lowest BCUT2D eigenvalue weighted by Gasteiger charge is -2.30. The fraction of sp³-hybridized carbons (Fsp3) is 0.263. The number of hydrogen-bond acceptors (Lipinski definition) is 3. The number of anilines is 1. The number of carbonyl (C=O) groups is 1. The van der Waals surface area contributed by atoms with Gasteiger partial charge in [-0.3, -0.25) is 4.79 Å². The zero-order chi connectivity index (χ0) is 17.5. The fourth-order valence-electron chi connectivity index (χ4n) is 2.58. The molecule has 0 bridgehead atoms. The second kappa shape index (κ2) is 8.30. The van der Waals surface area contributed by atoms with E-state index < -0.39 is 5.91 Å². The third-order valence-electron chi connectivity index (χ3n) is 3.99. The van der Waals surface area contributed by atoms with Crippen molar-refractivity contribution in [2.75, 3.05) is 31.6 Å². The van der Waals surface area contributed by atoms with E-state index in [9.17, 15) is 4.79 Å². The van der Waals surface area contributed by atoms with Crippen LogP contribution >= 0.6 is 0 Å². The highest BCUT2D eigenvalue weighted by atomic mass is 16.5. The van der Waals surface area contributed by atoms with Crippen molar-refractivity contribution < 1.29 is 9.53 Å². The number of nitrogens with two attached hydrogens (primary N) is 1. The van der Waals surface area contributed by atoms with Gasteiger partial charge in [-0.2, -0.15) is 0 Å². The Morgan fingerprint density at radius 1 is 1.08 bits per heavy atom. The Hall–Kier alpha value is -2.86. The molecule has 0 radical (unpaired) electrons.